The number of hydrogen-bond donors (Lipinski definition) is 3. The van der Waals surface area contributed by atoms with Crippen LogP contribution in [0.3, 0.4) is 0 Å². The van der Waals surface area contributed by atoms with Crippen molar-refractivity contribution in [1.82, 2.24) is 0 Å². The molecule has 82 valence electrons. The number of nitrogens with zero attached hydrogens (tertiary/aromatic N) is 1. The van der Waals surface area contributed by atoms with Crippen molar-refractivity contribution in [2.75, 3.05) is 6.16 Å². The van der Waals surface area contributed by atoms with Gasteiger partial charge in [-0.05, 0) is 12.1 Å². The fourth-order valence-electron chi connectivity index (χ4n) is 1.11. The van der Waals surface area contributed by atoms with E-state index in [0.717, 1.165) is 0 Å². The van der Waals surface area contributed by atoms with Gasteiger partial charge in [0.15, 0.2) is 0 Å². The van der Waals surface area contributed by atoms with Crippen molar-refractivity contribution in [3.63, 3.8) is 0 Å². The minimum absolute atomic E-state index is 0.0209. The van der Waals surface area contributed by atoms with E-state index in [2.05, 4.69) is 5.16 Å². The van der Waals surface area contributed by atoms with E-state index in [1.807, 2.05) is 0 Å². The predicted molar refractivity (Wildman–Crippen MR) is 58.8 cm³/mol. The van der Waals surface area contributed by atoms with Crippen LogP contribution in [0.5, 0.6) is 0 Å². The Hall–Kier alpha value is -1.32. The van der Waals surface area contributed by atoms with Crippen LogP contribution in [0.2, 0.25) is 0 Å². The first-order chi connectivity index (χ1) is 7.06. The summed E-state index contributed by atoms with van der Waals surface area (Å²) >= 11 is 0. The number of hydrogen-bond acceptors (Lipinski definition) is 3. The standard InChI is InChI=1S/C9H13N2O3P/c10-9(11-12)6-7-15(13,14)8-4-2-1-3-5-8/h1-5,12H,6-7H2,(H2,10,11)(H,13,14). The lowest BCUT2D eigenvalue weighted by molar-refractivity contribution is 0.317. The summed E-state index contributed by atoms with van der Waals surface area (Å²) in [6.45, 7) is 0. The molecule has 4 N–H and O–H groups in total. The summed E-state index contributed by atoms with van der Waals surface area (Å²) in [5.41, 5.74) is 5.23. The molecule has 0 saturated heterocycles. The van der Waals surface area contributed by atoms with Crippen LogP contribution in [-0.4, -0.2) is 22.1 Å². The van der Waals surface area contributed by atoms with Crippen LogP contribution in [0.25, 0.3) is 0 Å². The van der Waals surface area contributed by atoms with Crippen molar-refractivity contribution >= 4 is 18.5 Å². The zero-order valence-electron chi connectivity index (χ0n) is 8.08. The van der Waals surface area contributed by atoms with Gasteiger partial charge in [-0.1, -0.05) is 23.4 Å². The average Bonchev–Trinajstić information content (AvgIpc) is 2.27. The van der Waals surface area contributed by atoms with Crippen molar-refractivity contribution in [3.05, 3.63) is 30.3 Å². The second kappa shape index (κ2) is 4.96. The normalized spacial score (nSPS) is 15.9. The summed E-state index contributed by atoms with van der Waals surface area (Å²) in [4.78, 5) is 9.69. The van der Waals surface area contributed by atoms with Crippen LogP contribution in [0.4, 0.5) is 0 Å². The minimum Gasteiger partial charge on any atom is -0.409 e. The molecular formula is C9H13N2O3P. The Bertz CT molecular complexity index is 392. The first kappa shape index (κ1) is 11.8. The van der Waals surface area contributed by atoms with E-state index in [1.165, 1.54) is 0 Å². The van der Waals surface area contributed by atoms with Gasteiger partial charge in [-0.25, -0.2) is 0 Å². The molecule has 15 heavy (non-hydrogen) atoms. The van der Waals surface area contributed by atoms with Crippen LogP contribution < -0.4 is 11.0 Å². The van der Waals surface area contributed by atoms with Gasteiger partial charge in [-0.3, -0.25) is 4.57 Å². The Morgan fingerprint density at radius 2 is 2.00 bits per heavy atom. The number of nitrogens with two attached hydrogens (primary N) is 1. The summed E-state index contributed by atoms with van der Waals surface area (Å²) in [6.07, 6.45) is 0.0755. The van der Waals surface area contributed by atoms with E-state index in [0.29, 0.717) is 5.30 Å². The molecule has 0 bridgehead atoms. The van der Waals surface area contributed by atoms with E-state index in [4.69, 9.17) is 10.9 Å². The van der Waals surface area contributed by atoms with Crippen molar-refractivity contribution in [1.29, 1.82) is 0 Å². The summed E-state index contributed by atoms with van der Waals surface area (Å²) in [6, 6.07) is 8.34. The molecule has 1 atom stereocenters. The molecule has 6 heteroatoms. The Morgan fingerprint density at radius 3 is 2.53 bits per heavy atom. The lowest BCUT2D eigenvalue weighted by atomic mass is 10.4. The molecule has 1 aromatic carbocycles. The maximum absolute atomic E-state index is 11.8. The number of oxime groups is 1. The Labute approximate surface area is 87.7 Å². The molecule has 0 saturated carbocycles. The van der Waals surface area contributed by atoms with Gasteiger partial charge in [0.05, 0.1) is 0 Å². The zero-order valence-corrected chi connectivity index (χ0v) is 8.97. The van der Waals surface area contributed by atoms with Crippen LogP contribution in [0.15, 0.2) is 35.5 Å². The SMILES string of the molecule is NC(CCP(=O)(O)c1ccccc1)=NO. The van der Waals surface area contributed by atoms with Gasteiger partial charge in [0.1, 0.15) is 5.84 Å². The van der Waals surface area contributed by atoms with Crippen LogP contribution in [0, 0.1) is 0 Å². The third-order valence-electron chi connectivity index (χ3n) is 1.96. The molecule has 5 nitrogen and oxygen atoms in total. The zero-order chi connectivity index (χ0) is 11.3. The quantitative estimate of drug-likeness (QED) is 0.232. The van der Waals surface area contributed by atoms with Crippen LogP contribution in [0.1, 0.15) is 6.42 Å². The number of amidine groups is 1. The lowest BCUT2D eigenvalue weighted by Gasteiger charge is -2.10. The Kier molecular flexibility index (Phi) is 3.88. The molecule has 1 aromatic rings. The third-order valence-corrected chi connectivity index (χ3v) is 3.89. The van der Waals surface area contributed by atoms with Gasteiger partial charge in [0.2, 0.25) is 7.37 Å². The fraction of sp³-hybridized carbons (Fsp3) is 0.222. The molecule has 0 spiro atoms. The topological polar surface area (TPSA) is 95.9 Å². The van der Waals surface area contributed by atoms with E-state index in [1.54, 1.807) is 30.3 Å². The van der Waals surface area contributed by atoms with Crippen molar-refractivity contribution < 1.29 is 14.7 Å². The van der Waals surface area contributed by atoms with Crippen molar-refractivity contribution in [2.24, 2.45) is 10.9 Å². The highest BCUT2D eigenvalue weighted by Crippen LogP contribution is 2.39. The Morgan fingerprint density at radius 1 is 1.40 bits per heavy atom. The lowest BCUT2D eigenvalue weighted by Crippen LogP contribution is -2.16. The molecule has 0 amide bonds. The highest BCUT2D eigenvalue weighted by Gasteiger charge is 2.20. The molecule has 0 aliphatic carbocycles. The maximum atomic E-state index is 11.8. The van der Waals surface area contributed by atoms with Gasteiger partial charge >= 0.3 is 0 Å². The highest BCUT2D eigenvalue weighted by molar-refractivity contribution is 7.66. The number of benzene rings is 1. The van der Waals surface area contributed by atoms with E-state index in [9.17, 15) is 9.46 Å². The smallest absolute Gasteiger partial charge is 0.230 e. The highest BCUT2D eigenvalue weighted by atomic mass is 31.2. The second-order valence-corrected chi connectivity index (χ2v) is 5.47. The molecule has 0 aliphatic heterocycles. The maximum Gasteiger partial charge on any atom is 0.230 e. The molecule has 1 unspecified atom stereocenters. The second-order valence-electron chi connectivity index (χ2n) is 3.10. The van der Waals surface area contributed by atoms with Gasteiger partial charge < -0.3 is 15.8 Å². The van der Waals surface area contributed by atoms with Gasteiger partial charge in [0.25, 0.3) is 0 Å². The molecule has 0 radical (unpaired) electrons. The molecule has 0 aliphatic rings. The molecule has 0 fully saturated rings. The van der Waals surface area contributed by atoms with Crippen molar-refractivity contribution in [3.8, 4) is 0 Å². The van der Waals surface area contributed by atoms with Crippen molar-refractivity contribution in [2.45, 2.75) is 6.42 Å². The van der Waals surface area contributed by atoms with E-state index in [-0.39, 0.29) is 18.4 Å². The monoisotopic (exact) mass is 228 g/mol. The third kappa shape index (κ3) is 3.38. The minimum atomic E-state index is -3.38. The van der Waals surface area contributed by atoms with Gasteiger partial charge in [-0.15, -0.1) is 0 Å². The average molecular weight is 228 g/mol. The van der Waals surface area contributed by atoms with E-state index >= 15 is 0 Å². The fourth-order valence-corrected chi connectivity index (χ4v) is 2.53. The van der Waals surface area contributed by atoms with Crippen LogP contribution in [-0.2, 0) is 4.57 Å². The van der Waals surface area contributed by atoms with Gasteiger partial charge in [0, 0.05) is 17.9 Å². The molecular weight excluding hydrogens is 215 g/mol. The molecule has 0 aromatic heterocycles. The largest absolute Gasteiger partial charge is 0.409 e. The first-order valence-corrected chi connectivity index (χ1v) is 6.24. The van der Waals surface area contributed by atoms with E-state index < -0.39 is 7.37 Å². The summed E-state index contributed by atoms with van der Waals surface area (Å²) < 4.78 is 11.8. The van der Waals surface area contributed by atoms with Crippen LogP contribution >= 0.6 is 7.37 Å². The first-order valence-electron chi connectivity index (χ1n) is 4.40. The summed E-state index contributed by atoms with van der Waals surface area (Å²) in [5.74, 6) is -0.0415. The predicted octanol–water partition coefficient (Wildman–Crippen LogP) is 0.719. The van der Waals surface area contributed by atoms with Gasteiger partial charge in [-0.2, -0.15) is 0 Å². The molecule has 1 rings (SSSR count). The summed E-state index contributed by atoms with van der Waals surface area (Å²) in [5, 5.41) is 11.4. The Balaban J connectivity index is 2.72. The molecule has 0 heterocycles. The summed E-state index contributed by atoms with van der Waals surface area (Å²) in [7, 11) is -3.38. The number of rotatable bonds is 4.